The second kappa shape index (κ2) is 6.20. The lowest BCUT2D eigenvalue weighted by atomic mass is 10.1. The zero-order chi connectivity index (χ0) is 15.5. The number of sulfone groups is 1. The maximum atomic E-state index is 12.3. The molecule has 0 aliphatic rings. The zero-order valence-corrected chi connectivity index (χ0v) is 13.2. The highest BCUT2D eigenvalue weighted by atomic mass is 79.9. The van der Waals surface area contributed by atoms with E-state index in [2.05, 4.69) is 15.9 Å². The lowest BCUT2D eigenvalue weighted by Crippen LogP contribution is -2.16. The van der Waals surface area contributed by atoms with Gasteiger partial charge in [-0.3, -0.25) is 4.79 Å². The van der Waals surface area contributed by atoms with Gasteiger partial charge in [0.15, 0.2) is 15.6 Å². The summed E-state index contributed by atoms with van der Waals surface area (Å²) in [6.07, 6.45) is 0. The van der Waals surface area contributed by atoms with Gasteiger partial charge in [-0.2, -0.15) is 5.26 Å². The van der Waals surface area contributed by atoms with Crippen LogP contribution in [0.4, 0.5) is 0 Å². The van der Waals surface area contributed by atoms with Crippen molar-refractivity contribution in [1.82, 2.24) is 0 Å². The number of halogens is 1. The predicted octanol–water partition coefficient (Wildman–Crippen LogP) is 2.98. The smallest absolute Gasteiger partial charge is 0.186 e. The molecule has 2 rings (SSSR count). The molecule has 4 nitrogen and oxygen atoms in total. The fraction of sp³-hybridized carbons (Fsp3) is 0.0667. The number of carbonyl (C=O) groups is 1. The van der Waals surface area contributed by atoms with Gasteiger partial charge in [-0.25, -0.2) is 8.42 Å². The molecule has 0 N–H and O–H groups in total. The summed E-state index contributed by atoms with van der Waals surface area (Å²) in [7, 11) is -3.72. The molecule has 0 aliphatic carbocycles. The van der Waals surface area contributed by atoms with E-state index >= 15 is 0 Å². The Labute approximate surface area is 131 Å². The molecule has 2 aromatic carbocycles. The van der Waals surface area contributed by atoms with Gasteiger partial charge in [-0.15, -0.1) is 0 Å². The molecule has 0 aliphatic heterocycles. The molecule has 6 heteroatoms. The van der Waals surface area contributed by atoms with Crippen LogP contribution in [0.25, 0.3) is 0 Å². The fourth-order valence-electron chi connectivity index (χ4n) is 1.76. The molecule has 0 spiro atoms. The largest absolute Gasteiger partial charge is 0.293 e. The van der Waals surface area contributed by atoms with E-state index in [-0.39, 0.29) is 10.5 Å². The van der Waals surface area contributed by atoms with Gasteiger partial charge in [0.25, 0.3) is 0 Å². The Kier molecular flexibility index (Phi) is 4.56. The van der Waals surface area contributed by atoms with Crippen molar-refractivity contribution in [3.63, 3.8) is 0 Å². The van der Waals surface area contributed by atoms with Gasteiger partial charge in [-0.1, -0.05) is 24.3 Å². The molecule has 0 atom stereocenters. The van der Waals surface area contributed by atoms with Gasteiger partial charge in [0.2, 0.25) is 0 Å². The quantitative estimate of drug-likeness (QED) is 0.782. The Morgan fingerprint density at radius 3 is 2.29 bits per heavy atom. The molecule has 106 valence electrons. The SMILES string of the molecule is N#Cc1ccc(C(=O)CS(=O)(=O)c2ccccc2Br)cc1. The van der Waals surface area contributed by atoms with Gasteiger partial charge in [0, 0.05) is 10.0 Å². The van der Waals surface area contributed by atoms with Crippen molar-refractivity contribution in [2.24, 2.45) is 0 Å². The standard InChI is InChI=1S/C15H10BrNO3S/c16-13-3-1-2-4-15(13)21(19,20)10-14(18)12-7-5-11(9-17)6-8-12/h1-8H,10H2. The normalized spacial score (nSPS) is 10.9. The van der Waals surface area contributed by atoms with E-state index < -0.39 is 21.4 Å². The number of ketones is 1. The number of hydrogen-bond acceptors (Lipinski definition) is 4. The summed E-state index contributed by atoms with van der Waals surface area (Å²) in [4.78, 5) is 12.2. The van der Waals surface area contributed by atoms with Crippen LogP contribution in [-0.2, 0) is 9.84 Å². The van der Waals surface area contributed by atoms with Gasteiger partial charge in [0.05, 0.1) is 16.5 Å². The zero-order valence-electron chi connectivity index (χ0n) is 10.8. The third-order valence-corrected chi connectivity index (χ3v) is 5.45. The van der Waals surface area contributed by atoms with E-state index in [1.165, 1.54) is 30.3 Å². The predicted molar refractivity (Wildman–Crippen MR) is 81.7 cm³/mol. The fourth-order valence-corrected chi connectivity index (χ4v) is 4.10. The molecule has 0 radical (unpaired) electrons. The summed E-state index contributed by atoms with van der Waals surface area (Å²) in [5.41, 5.74) is 0.685. The third kappa shape index (κ3) is 3.57. The minimum atomic E-state index is -3.72. The molecule has 0 amide bonds. The monoisotopic (exact) mass is 363 g/mol. The van der Waals surface area contributed by atoms with E-state index in [1.807, 2.05) is 6.07 Å². The van der Waals surface area contributed by atoms with Crippen LogP contribution >= 0.6 is 15.9 Å². The second-order valence-electron chi connectivity index (χ2n) is 4.30. The molecular formula is C15H10BrNO3S. The lowest BCUT2D eigenvalue weighted by molar-refractivity contribution is 0.102. The Balaban J connectivity index is 2.26. The number of nitrogens with zero attached hydrogens (tertiary/aromatic N) is 1. The van der Waals surface area contributed by atoms with Crippen LogP contribution in [0.5, 0.6) is 0 Å². The molecule has 0 saturated heterocycles. The molecule has 0 aromatic heterocycles. The maximum absolute atomic E-state index is 12.3. The van der Waals surface area contributed by atoms with Crippen molar-refractivity contribution in [3.8, 4) is 6.07 Å². The summed E-state index contributed by atoms with van der Waals surface area (Å²) < 4.78 is 24.9. The third-order valence-electron chi connectivity index (χ3n) is 2.83. The van der Waals surface area contributed by atoms with Crippen molar-refractivity contribution in [2.45, 2.75) is 4.90 Å². The van der Waals surface area contributed by atoms with Crippen LogP contribution in [0.3, 0.4) is 0 Å². The first-order valence-electron chi connectivity index (χ1n) is 5.95. The Morgan fingerprint density at radius 1 is 1.10 bits per heavy atom. The van der Waals surface area contributed by atoms with Crippen molar-refractivity contribution >= 4 is 31.6 Å². The number of benzene rings is 2. The first-order chi connectivity index (χ1) is 9.94. The number of rotatable bonds is 4. The summed E-state index contributed by atoms with van der Waals surface area (Å²) in [6.45, 7) is 0. The topological polar surface area (TPSA) is 75.0 Å². The van der Waals surface area contributed by atoms with Gasteiger partial charge in [-0.05, 0) is 40.2 Å². The average Bonchev–Trinajstić information content (AvgIpc) is 2.47. The molecule has 0 bridgehead atoms. The van der Waals surface area contributed by atoms with Crippen LogP contribution in [0.15, 0.2) is 57.9 Å². The maximum Gasteiger partial charge on any atom is 0.186 e. The number of nitriles is 1. The minimum Gasteiger partial charge on any atom is -0.293 e. The van der Waals surface area contributed by atoms with Gasteiger partial charge >= 0.3 is 0 Å². The van der Waals surface area contributed by atoms with E-state index in [4.69, 9.17) is 5.26 Å². The minimum absolute atomic E-state index is 0.0898. The summed E-state index contributed by atoms with van der Waals surface area (Å²) >= 11 is 3.17. The molecule has 2 aromatic rings. The van der Waals surface area contributed by atoms with E-state index in [0.717, 1.165) is 0 Å². The summed E-state index contributed by atoms with van der Waals surface area (Å²) in [5.74, 6) is -1.11. The van der Waals surface area contributed by atoms with E-state index in [1.54, 1.807) is 18.2 Å². The number of carbonyl (C=O) groups excluding carboxylic acids is 1. The Bertz CT molecular complexity index is 821. The van der Waals surface area contributed by atoms with Crippen molar-refractivity contribution in [3.05, 3.63) is 64.1 Å². The van der Waals surface area contributed by atoms with E-state index in [9.17, 15) is 13.2 Å². The van der Waals surface area contributed by atoms with Crippen LogP contribution in [0.2, 0.25) is 0 Å². The van der Waals surface area contributed by atoms with E-state index in [0.29, 0.717) is 10.0 Å². The molecule has 0 saturated carbocycles. The highest BCUT2D eigenvalue weighted by Crippen LogP contribution is 2.23. The summed E-state index contributed by atoms with van der Waals surface area (Å²) in [5, 5.41) is 8.70. The van der Waals surface area contributed by atoms with Crippen LogP contribution in [0, 0.1) is 11.3 Å². The van der Waals surface area contributed by atoms with Crippen molar-refractivity contribution < 1.29 is 13.2 Å². The Morgan fingerprint density at radius 2 is 1.71 bits per heavy atom. The lowest BCUT2D eigenvalue weighted by Gasteiger charge is -2.06. The molecule has 0 heterocycles. The Hall–Kier alpha value is -1.97. The molecule has 0 unspecified atom stereocenters. The molecule has 21 heavy (non-hydrogen) atoms. The van der Waals surface area contributed by atoms with Crippen molar-refractivity contribution in [2.75, 3.05) is 5.75 Å². The first kappa shape index (κ1) is 15.4. The number of hydrogen-bond donors (Lipinski definition) is 0. The van der Waals surface area contributed by atoms with Gasteiger partial charge < -0.3 is 0 Å². The second-order valence-corrected chi connectivity index (χ2v) is 7.11. The highest BCUT2D eigenvalue weighted by molar-refractivity contribution is 9.10. The van der Waals surface area contributed by atoms with Gasteiger partial charge in [0.1, 0.15) is 5.75 Å². The van der Waals surface area contributed by atoms with Crippen molar-refractivity contribution in [1.29, 1.82) is 5.26 Å². The molecular weight excluding hydrogens is 354 g/mol. The van der Waals surface area contributed by atoms with Crippen LogP contribution in [-0.4, -0.2) is 20.0 Å². The summed E-state index contributed by atoms with van der Waals surface area (Å²) in [6, 6.07) is 14.2. The molecule has 0 fully saturated rings. The number of Topliss-reactive ketones (excluding diaryl/α,β-unsaturated/α-hetero) is 1. The average molecular weight is 364 g/mol. The van der Waals surface area contributed by atoms with Crippen LogP contribution in [0.1, 0.15) is 15.9 Å². The highest BCUT2D eigenvalue weighted by Gasteiger charge is 2.22. The van der Waals surface area contributed by atoms with Crippen LogP contribution < -0.4 is 0 Å². The first-order valence-corrected chi connectivity index (χ1v) is 8.39.